The van der Waals surface area contributed by atoms with E-state index in [9.17, 15) is 0 Å². The average molecular weight is 373 g/mol. The lowest BCUT2D eigenvalue weighted by atomic mass is 9.55. The van der Waals surface area contributed by atoms with Gasteiger partial charge in [-0.1, -0.05) is 24.3 Å². The molecule has 2 bridgehead atoms. The minimum absolute atomic E-state index is 0.705. The van der Waals surface area contributed by atoms with Gasteiger partial charge in [0.2, 0.25) is 11.4 Å². The summed E-state index contributed by atoms with van der Waals surface area (Å²) < 4.78 is 16.8. The predicted molar refractivity (Wildman–Crippen MR) is 112 cm³/mol. The smallest absolute Gasteiger partial charge is 0.461 e. The molecule has 3 heterocycles. The van der Waals surface area contributed by atoms with Crippen molar-refractivity contribution in [2.45, 2.75) is 13.4 Å². The Balaban J connectivity index is 1.82. The molecule has 0 saturated carbocycles. The number of fused-ring (bicyclic) bond motifs is 5. The van der Waals surface area contributed by atoms with Crippen molar-refractivity contribution in [3.63, 3.8) is 0 Å². The second-order valence-electron chi connectivity index (χ2n) is 8.62. The highest BCUT2D eigenvalue weighted by molar-refractivity contribution is 6.67. The van der Waals surface area contributed by atoms with Crippen LogP contribution >= 0.6 is 0 Å². The molecule has 28 heavy (non-hydrogen) atoms. The summed E-state index contributed by atoms with van der Waals surface area (Å²) in [6.45, 7) is 1.60. The minimum Gasteiger partial charge on any atom is -0.676 e. The quantitative estimate of drug-likeness (QED) is 0.397. The van der Waals surface area contributed by atoms with E-state index in [1.807, 2.05) is 12.1 Å². The van der Waals surface area contributed by atoms with Crippen molar-refractivity contribution in [2.24, 2.45) is 0 Å². The molecule has 142 valence electrons. The van der Waals surface area contributed by atoms with E-state index >= 15 is 0 Å². The number of rotatable bonds is 3. The molecule has 1 aromatic heterocycles. The van der Waals surface area contributed by atoms with Crippen molar-refractivity contribution >= 4 is 6.55 Å². The molecule has 3 aromatic rings. The van der Waals surface area contributed by atoms with E-state index in [0.29, 0.717) is 6.44 Å². The summed E-state index contributed by atoms with van der Waals surface area (Å²) in [5, 5.41) is 0. The van der Waals surface area contributed by atoms with Gasteiger partial charge in [0, 0.05) is 18.6 Å². The van der Waals surface area contributed by atoms with Gasteiger partial charge >= 0.3 is 6.55 Å². The molecule has 2 aromatic carbocycles. The zero-order chi connectivity index (χ0) is 19.4. The van der Waals surface area contributed by atoms with Gasteiger partial charge in [0.25, 0.3) is 0 Å². The van der Waals surface area contributed by atoms with Crippen LogP contribution in [0.25, 0.3) is 22.5 Å². The molecule has 0 fully saturated rings. The predicted octanol–water partition coefficient (Wildman–Crippen LogP) is 3.71. The zero-order valence-corrected chi connectivity index (χ0v) is 16.8. The Morgan fingerprint density at radius 3 is 1.89 bits per heavy atom. The number of para-hydroxylation sites is 2. The molecule has 5 rings (SSSR count). The molecule has 0 aliphatic carbocycles. The van der Waals surface area contributed by atoms with E-state index in [-0.39, 0.29) is 0 Å². The Labute approximate surface area is 166 Å². The lowest BCUT2D eigenvalue weighted by Crippen LogP contribution is -2.67. The first-order valence-corrected chi connectivity index (χ1v) is 10.1. The van der Waals surface area contributed by atoms with Gasteiger partial charge in [-0.3, -0.25) is 0 Å². The second kappa shape index (κ2) is 6.11. The molecule has 2 aliphatic rings. The number of nitrogens with zero attached hydrogens (tertiary/aromatic N) is 2. The van der Waals surface area contributed by atoms with E-state index in [1.165, 1.54) is 11.4 Å². The first-order chi connectivity index (χ1) is 13.5. The fraction of sp³-hybridized carbons (Fsp3) is 0.261. The highest BCUT2D eigenvalue weighted by Gasteiger charge is 2.48. The van der Waals surface area contributed by atoms with Crippen LogP contribution in [0.5, 0.6) is 11.5 Å². The number of pyridine rings is 1. The normalized spacial score (nSPS) is 16.0. The van der Waals surface area contributed by atoms with Crippen molar-refractivity contribution in [1.82, 2.24) is 0 Å². The molecule has 4 nitrogen and oxygen atoms in total. The van der Waals surface area contributed by atoms with Gasteiger partial charge in [-0.15, -0.1) is 0 Å². The summed E-state index contributed by atoms with van der Waals surface area (Å²) in [5.41, 5.74) is 4.61. The average Bonchev–Trinajstić information content (AvgIpc) is 2.90. The molecule has 0 saturated heterocycles. The Morgan fingerprint density at radius 2 is 1.36 bits per heavy atom. The Hall–Kier alpha value is -2.79. The molecule has 0 amide bonds. The third kappa shape index (κ3) is 2.69. The highest BCUT2D eigenvalue weighted by Crippen LogP contribution is 2.39. The van der Waals surface area contributed by atoms with E-state index < -0.39 is 6.55 Å². The first-order valence-electron chi connectivity index (χ1n) is 10.1. The largest absolute Gasteiger partial charge is 0.676 e. The number of hydrogen-bond donors (Lipinski definition) is 0. The monoisotopic (exact) mass is 373 g/mol. The molecule has 0 N–H and O–H groups in total. The lowest BCUT2D eigenvalue weighted by Gasteiger charge is -2.44. The third-order valence-corrected chi connectivity index (χ3v) is 6.19. The zero-order valence-electron chi connectivity index (χ0n) is 16.8. The van der Waals surface area contributed by atoms with Crippen LogP contribution in [0.4, 0.5) is 0 Å². The van der Waals surface area contributed by atoms with Crippen molar-refractivity contribution < 1.29 is 18.4 Å². The molecule has 5 heteroatoms. The number of benzene rings is 2. The van der Waals surface area contributed by atoms with E-state index in [4.69, 9.17) is 9.31 Å². The number of aromatic nitrogens is 1. The van der Waals surface area contributed by atoms with Crippen LogP contribution in [0.15, 0.2) is 66.7 Å². The van der Waals surface area contributed by atoms with Crippen molar-refractivity contribution in [3.05, 3.63) is 66.7 Å². The van der Waals surface area contributed by atoms with Crippen molar-refractivity contribution in [2.75, 3.05) is 27.1 Å². The van der Waals surface area contributed by atoms with Crippen molar-refractivity contribution in [1.29, 1.82) is 0 Å². The first kappa shape index (κ1) is 17.3. The maximum Gasteiger partial charge on any atom is 0.461 e. The van der Waals surface area contributed by atoms with E-state index in [1.54, 1.807) is 0 Å². The molecular formula is C23H26BN2O2+. The summed E-state index contributed by atoms with van der Waals surface area (Å²) >= 11 is 0. The molecule has 0 atom stereocenters. The molecule has 0 spiro atoms. The molecule has 2 aliphatic heterocycles. The van der Waals surface area contributed by atoms with Gasteiger partial charge < -0.3 is 13.8 Å². The molecule has 0 radical (unpaired) electrons. The van der Waals surface area contributed by atoms with Gasteiger partial charge in [-0.05, 0) is 37.3 Å². The summed E-state index contributed by atoms with van der Waals surface area (Å²) in [6.07, 6.45) is 1.51. The standard InChI is InChI=1S/C23H26BN2O2/c1-4-26(2,3)17-24-16-25-20(18-10-5-7-14-22(18)27-24)12-9-13-21(25)19-11-6-8-15-23(19)28-24/h5-15H,4,16-17H2,1-3H3/q+1. The van der Waals surface area contributed by atoms with Crippen LogP contribution < -0.4 is 13.9 Å². The van der Waals surface area contributed by atoms with Crippen molar-refractivity contribution in [3.8, 4) is 34.0 Å². The third-order valence-electron chi connectivity index (χ3n) is 6.19. The molecular weight excluding hydrogens is 347 g/mol. The van der Waals surface area contributed by atoms with Gasteiger partial charge in [-0.2, -0.15) is 0 Å². The van der Waals surface area contributed by atoms with Crippen LogP contribution in [0.3, 0.4) is 0 Å². The highest BCUT2D eigenvalue weighted by atomic mass is 16.6. The van der Waals surface area contributed by atoms with Crippen LogP contribution in [0.1, 0.15) is 6.92 Å². The maximum absolute atomic E-state index is 6.80. The van der Waals surface area contributed by atoms with Gasteiger partial charge in [-0.25, -0.2) is 4.57 Å². The van der Waals surface area contributed by atoms with Crippen LogP contribution in [0.2, 0.25) is 0 Å². The molecule has 0 unspecified atom stereocenters. The van der Waals surface area contributed by atoms with Crippen LogP contribution in [0, 0.1) is 0 Å². The van der Waals surface area contributed by atoms with E-state index in [2.05, 4.69) is 80.2 Å². The van der Waals surface area contributed by atoms with Crippen LogP contribution in [-0.2, 0) is 6.44 Å². The SMILES string of the molecule is CC[N+](C)(C)C[B-]12C[n+]3c(cccc3-c3ccccc3O1)-c1ccccc1O2. The summed E-state index contributed by atoms with van der Waals surface area (Å²) in [7, 11) is 4.49. The Kier molecular flexibility index (Phi) is 3.78. The van der Waals surface area contributed by atoms with Gasteiger partial charge in [0.15, 0.2) is 0 Å². The van der Waals surface area contributed by atoms with Gasteiger partial charge in [0.1, 0.15) is 6.44 Å². The van der Waals surface area contributed by atoms with Gasteiger partial charge in [0.05, 0.1) is 43.3 Å². The Morgan fingerprint density at radius 1 is 0.821 bits per heavy atom. The van der Waals surface area contributed by atoms with Crippen LogP contribution in [-0.4, -0.2) is 38.1 Å². The fourth-order valence-corrected chi connectivity index (χ4v) is 4.62. The minimum atomic E-state index is -1.63. The number of quaternary nitrogens is 1. The Bertz CT molecular complexity index is 996. The van der Waals surface area contributed by atoms with E-state index in [0.717, 1.165) is 40.1 Å². The second-order valence-corrected chi connectivity index (χ2v) is 8.62. The number of hydrogen-bond acceptors (Lipinski definition) is 2. The summed E-state index contributed by atoms with van der Waals surface area (Å²) in [6, 6.07) is 23.2. The topological polar surface area (TPSA) is 22.3 Å². The lowest BCUT2D eigenvalue weighted by molar-refractivity contribution is -0.880. The summed E-state index contributed by atoms with van der Waals surface area (Å²) in [5.74, 6) is 1.81. The summed E-state index contributed by atoms with van der Waals surface area (Å²) in [4.78, 5) is 0. The fourth-order valence-electron chi connectivity index (χ4n) is 4.62. The maximum atomic E-state index is 6.80.